The first-order valence-corrected chi connectivity index (χ1v) is 9.21. The molecule has 1 heterocycles. The number of guanidine groups is 1. The molecule has 1 aliphatic rings. The van der Waals surface area contributed by atoms with E-state index >= 15 is 0 Å². The van der Waals surface area contributed by atoms with Gasteiger partial charge in [0.05, 0.1) is 13.2 Å². The van der Waals surface area contributed by atoms with Crippen LogP contribution < -0.4 is 10.6 Å². The van der Waals surface area contributed by atoms with E-state index in [0.717, 1.165) is 49.6 Å². The van der Waals surface area contributed by atoms with Crippen LogP contribution in [0.15, 0.2) is 29.3 Å². The molecule has 1 aromatic rings. The zero-order valence-electron chi connectivity index (χ0n) is 15.1. The topological polar surface area (TPSA) is 59.9 Å². The predicted molar refractivity (Wildman–Crippen MR) is 100 cm³/mol. The largest absolute Gasteiger partial charge is 0.392 e. The third kappa shape index (κ3) is 5.80. The molecular weight excluding hydrogens is 300 g/mol. The average Bonchev–Trinajstić information content (AvgIpc) is 2.62. The highest BCUT2D eigenvalue weighted by atomic mass is 16.3. The Hall–Kier alpha value is -1.59. The van der Waals surface area contributed by atoms with Crippen molar-refractivity contribution in [2.24, 2.45) is 4.99 Å². The van der Waals surface area contributed by atoms with Crippen LogP contribution in [-0.4, -0.2) is 48.2 Å². The lowest BCUT2D eigenvalue weighted by Crippen LogP contribution is -2.48. The van der Waals surface area contributed by atoms with E-state index in [2.05, 4.69) is 29.4 Å². The molecule has 0 aromatic heterocycles. The Morgan fingerprint density at radius 2 is 1.92 bits per heavy atom. The van der Waals surface area contributed by atoms with Crippen molar-refractivity contribution in [2.75, 3.05) is 26.2 Å². The van der Waals surface area contributed by atoms with Crippen molar-refractivity contribution in [3.8, 4) is 0 Å². The molecule has 0 bridgehead atoms. The van der Waals surface area contributed by atoms with Crippen LogP contribution in [-0.2, 0) is 13.2 Å². The first kappa shape index (κ1) is 18.7. The van der Waals surface area contributed by atoms with Crippen molar-refractivity contribution in [2.45, 2.75) is 52.3 Å². The summed E-state index contributed by atoms with van der Waals surface area (Å²) in [6, 6.07) is 8.42. The van der Waals surface area contributed by atoms with Gasteiger partial charge in [0.2, 0.25) is 0 Å². The quantitative estimate of drug-likeness (QED) is 0.529. The van der Waals surface area contributed by atoms with Crippen molar-refractivity contribution in [1.29, 1.82) is 0 Å². The fourth-order valence-corrected chi connectivity index (χ4v) is 3.16. The van der Waals surface area contributed by atoms with Crippen LogP contribution >= 0.6 is 0 Å². The molecular formula is C19H32N4O. The average molecular weight is 332 g/mol. The Bertz CT molecular complexity index is 510. The summed E-state index contributed by atoms with van der Waals surface area (Å²) in [5.41, 5.74) is 2.03. The van der Waals surface area contributed by atoms with Gasteiger partial charge in [-0.2, -0.15) is 0 Å². The number of aliphatic hydroxyl groups excluding tert-OH is 1. The number of nitrogens with zero attached hydrogens (tertiary/aromatic N) is 2. The number of aliphatic imine (C=N–C) groups is 1. The summed E-state index contributed by atoms with van der Waals surface area (Å²) in [6.45, 7) is 9.36. The van der Waals surface area contributed by atoms with Gasteiger partial charge >= 0.3 is 0 Å². The smallest absolute Gasteiger partial charge is 0.191 e. The number of benzene rings is 1. The van der Waals surface area contributed by atoms with Crippen molar-refractivity contribution in [3.05, 3.63) is 35.4 Å². The highest BCUT2D eigenvalue weighted by Crippen LogP contribution is 2.12. The summed E-state index contributed by atoms with van der Waals surface area (Å²) < 4.78 is 0. The van der Waals surface area contributed by atoms with Gasteiger partial charge in [0.1, 0.15) is 0 Å². The van der Waals surface area contributed by atoms with Gasteiger partial charge < -0.3 is 20.6 Å². The van der Waals surface area contributed by atoms with Gasteiger partial charge in [-0.15, -0.1) is 0 Å². The second kappa shape index (κ2) is 10.3. The number of nitrogens with one attached hydrogen (secondary N) is 2. The molecule has 2 rings (SSSR count). The molecule has 0 atom stereocenters. The normalized spacial score (nSPS) is 17.0. The van der Waals surface area contributed by atoms with Crippen LogP contribution in [0.2, 0.25) is 0 Å². The van der Waals surface area contributed by atoms with E-state index in [1.807, 2.05) is 24.3 Å². The number of aliphatic hydroxyl groups is 1. The molecule has 0 aliphatic carbocycles. The third-order valence-electron chi connectivity index (χ3n) is 4.51. The lowest BCUT2D eigenvalue weighted by Gasteiger charge is -2.32. The van der Waals surface area contributed by atoms with Crippen LogP contribution in [0.5, 0.6) is 0 Å². The van der Waals surface area contributed by atoms with Gasteiger partial charge in [0.25, 0.3) is 0 Å². The molecule has 1 fully saturated rings. The molecule has 0 saturated carbocycles. The fourth-order valence-electron chi connectivity index (χ4n) is 3.16. The van der Waals surface area contributed by atoms with Crippen molar-refractivity contribution in [1.82, 2.24) is 15.5 Å². The third-order valence-corrected chi connectivity index (χ3v) is 4.51. The summed E-state index contributed by atoms with van der Waals surface area (Å²) in [5, 5.41) is 16.3. The Labute approximate surface area is 146 Å². The second-order valence-electron chi connectivity index (χ2n) is 6.38. The number of hydrogen-bond acceptors (Lipinski definition) is 3. The van der Waals surface area contributed by atoms with Gasteiger partial charge in [0.15, 0.2) is 5.96 Å². The molecule has 24 heavy (non-hydrogen) atoms. The second-order valence-corrected chi connectivity index (χ2v) is 6.38. The highest BCUT2D eigenvalue weighted by Gasteiger charge is 2.19. The maximum atomic E-state index is 9.43. The van der Waals surface area contributed by atoms with Gasteiger partial charge in [-0.1, -0.05) is 31.2 Å². The molecule has 0 amide bonds. The first-order chi connectivity index (χ1) is 11.8. The van der Waals surface area contributed by atoms with Crippen LogP contribution in [0.25, 0.3) is 0 Å². The molecule has 5 nitrogen and oxygen atoms in total. The minimum absolute atomic E-state index is 0.0611. The standard InChI is InChI=1S/C19H32N4O/c1-3-11-23-12-9-18(10-13-23)22-19(20-4-2)21-14-16-7-5-6-8-17(16)15-24/h5-8,18,24H,3-4,9-15H2,1-2H3,(H2,20,21,22). The van der Waals surface area contributed by atoms with E-state index in [1.54, 1.807) is 0 Å². The summed E-state index contributed by atoms with van der Waals surface area (Å²) in [7, 11) is 0. The van der Waals surface area contributed by atoms with Gasteiger partial charge in [-0.25, -0.2) is 4.99 Å². The minimum atomic E-state index is 0.0611. The van der Waals surface area contributed by atoms with Gasteiger partial charge in [0, 0.05) is 25.7 Å². The first-order valence-electron chi connectivity index (χ1n) is 9.21. The highest BCUT2D eigenvalue weighted by molar-refractivity contribution is 5.80. The van der Waals surface area contributed by atoms with Gasteiger partial charge in [-0.3, -0.25) is 0 Å². The number of likely N-dealkylation sites (tertiary alicyclic amines) is 1. The van der Waals surface area contributed by atoms with E-state index in [4.69, 9.17) is 4.99 Å². The lowest BCUT2D eigenvalue weighted by atomic mass is 10.1. The van der Waals surface area contributed by atoms with Crippen molar-refractivity contribution < 1.29 is 5.11 Å². The molecule has 1 aromatic carbocycles. The number of piperidine rings is 1. The monoisotopic (exact) mass is 332 g/mol. The molecule has 0 unspecified atom stereocenters. The Balaban J connectivity index is 1.91. The van der Waals surface area contributed by atoms with Gasteiger partial charge in [-0.05, 0) is 43.9 Å². The predicted octanol–water partition coefficient (Wildman–Crippen LogP) is 2.11. The van der Waals surface area contributed by atoms with Crippen LogP contribution in [0.1, 0.15) is 44.2 Å². The van der Waals surface area contributed by atoms with Crippen LogP contribution in [0, 0.1) is 0 Å². The summed E-state index contributed by atoms with van der Waals surface area (Å²) in [4.78, 5) is 7.25. The molecule has 1 aliphatic heterocycles. The Morgan fingerprint density at radius 3 is 2.54 bits per heavy atom. The summed E-state index contributed by atoms with van der Waals surface area (Å²) >= 11 is 0. The summed E-state index contributed by atoms with van der Waals surface area (Å²) in [5.74, 6) is 0.874. The maximum absolute atomic E-state index is 9.43. The molecule has 134 valence electrons. The van der Waals surface area contributed by atoms with Crippen LogP contribution in [0.3, 0.4) is 0 Å². The zero-order valence-corrected chi connectivity index (χ0v) is 15.1. The molecule has 1 saturated heterocycles. The van der Waals surface area contributed by atoms with E-state index in [1.165, 1.54) is 13.0 Å². The van der Waals surface area contributed by atoms with Crippen molar-refractivity contribution >= 4 is 5.96 Å². The minimum Gasteiger partial charge on any atom is -0.392 e. The van der Waals surface area contributed by atoms with E-state index in [9.17, 15) is 5.11 Å². The Morgan fingerprint density at radius 1 is 1.21 bits per heavy atom. The number of rotatable bonds is 7. The van der Waals surface area contributed by atoms with Crippen molar-refractivity contribution in [3.63, 3.8) is 0 Å². The summed E-state index contributed by atoms with van der Waals surface area (Å²) in [6.07, 6.45) is 3.56. The van der Waals surface area contributed by atoms with E-state index in [-0.39, 0.29) is 6.61 Å². The van der Waals surface area contributed by atoms with Crippen LogP contribution in [0.4, 0.5) is 0 Å². The molecule has 0 spiro atoms. The molecule has 3 N–H and O–H groups in total. The number of hydrogen-bond donors (Lipinski definition) is 3. The molecule has 0 radical (unpaired) electrons. The Kier molecular flexibility index (Phi) is 8.05. The zero-order chi connectivity index (χ0) is 17.2. The SMILES string of the molecule is CCCN1CCC(NC(=NCc2ccccc2CO)NCC)CC1. The fraction of sp³-hybridized carbons (Fsp3) is 0.632. The maximum Gasteiger partial charge on any atom is 0.191 e. The van der Waals surface area contributed by atoms with E-state index in [0.29, 0.717) is 12.6 Å². The molecule has 5 heteroatoms. The lowest BCUT2D eigenvalue weighted by molar-refractivity contribution is 0.206. The van der Waals surface area contributed by atoms with E-state index < -0.39 is 0 Å².